The van der Waals surface area contributed by atoms with E-state index < -0.39 is 0 Å². The Labute approximate surface area is 94.3 Å². The molecule has 0 bridgehead atoms. The summed E-state index contributed by atoms with van der Waals surface area (Å²) in [4.78, 5) is 13.8. The highest BCUT2D eigenvalue weighted by Crippen LogP contribution is 2.14. The average molecular weight is 222 g/mol. The summed E-state index contributed by atoms with van der Waals surface area (Å²) < 4.78 is 12.9. The third-order valence-electron chi connectivity index (χ3n) is 3.05. The first-order chi connectivity index (χ1) is 7.59. The molecule has 1 aromatic rings. The lowest BCUT2D eigenvalue weighted by Gasteiger charge is -2.35. The molecular formula is C12H15FN2O. The van der Waals surface area contributed by atoms with Crippen molar-refractivity contribution in [2.24, 2.45) is 0 Å². The zero-order valence-corrected chi connectivity index (χ0v) is 9.46. The van der Waals surface area contributed by atoms with Crippen molar-refractivity contribution >= 4 is 5.91 Å². The van der Waals surface area contributed by atoms with E-state index in [9.17, 15) is 9.18 Å². The minimum absolute atomic E-state index is 0.0380. The Bertz CT molecular complexity index is 415. The van der Waals surface area contributed by atoms with E-state index in [0.717, 1.165) is 13.1 Å². The predicted octanol–water partition coefficient (Wildman–Crippen LogP) is 1.18. The van der Waals surface area contributed by atoms with Crippen molar-refractivity contribution in [3.63, 3.8) is 0 Å². The maximum absolute atomic E-state index is 12.9. The van der Waals surface area contributed by atoms with Gasteiger partial charge < -0.3 is 10.2 Å². The molecule has 86 valence electrons. The predicted molar refractivity (Wildman–Crippen MR) is 59.9 cm³/mol. The number of likely N-dealkylation sites (N-methyl/N-ethyl adjacent to an activating group) is 1. The maximum Gasteiger partial charge on any atom is 0.254 e. The second-order valence-corrected chi connectivity index (χ2v) is 4.19. The van der Waals surface area contributed by atoms with Crippen LogP contribution in [-0.2, 0) is 0 Å². The van der Waals surface area contributed by atoms with Crippen molar-refractivity contribution < 1.29 is 9.18 Å². The molecule has 0 aromatic heterocycles. The fourth-order valence-electron chi connectivity index (χ4n) is 1.77. The van der Waals surface area contributed by atoms with E-state index in [-0.39, 0.29) is 17.8 Å². The van der Waals surface area contributed by atoms with Crippen LogP contribution in [0, 0.1) is 12.7 Å². The summed E-state index contributed by atoms with van der Waals surface area (Å²) in [6.45, 7) is 3.42. The highest BCUT2D eigenvalue weighted by molar-refractivity contribution is 5.95. The number of hydrogen-bond acceptors (Lipinski definition) is 2. The van der Waals surface area contributed by atoms with E-state index >= 15 is 0 Å². The fourth-order valence-corrected chi connectivity index (χ4v) is 1.77. The quantitative estimate of drug-likeness (QED) is 0.815. The van der Waals surface area contributed by atoms with Crippen molar-refractivity contribution in [2.45, 2.75) is 13.0 Å². The SMILES string of the molecule is Cc1cc(F)ccc1C(=O)N(C)C1CNC1. The Morgan fingerprint density at radius 2 is 2.19 bits per heavy atom. The summed E-state index contributed by atoms with van der Waals surface area (Å²) in [5.41, 5.74) is 1.26. The third-order valence-corrected chi connectivity index (χ3v) is 3.05. The van der Waals surface area contributed by atoms with Crippen molar-refractivity contribution in [3.8, 4) is 0 Å². The smallest absolute Gasteiger partial charge is 0.254 e. The van der Waals surface area contributed by atoms with Gasteiger partial charge in [-0.15, -0.1) is 0 Å². The molecule has 0 aliphatic carbocycles. The van der Waals surface area contributed by atoms with Crippen LogP contribution in [-0.4, -0.2) is 37.0 Å². The van der Waals surface area contributed by atoms with Gasteiger partial charge in [-0.2, -0.15) is 0 Å². The summed E-state index contributed by atoms with van der Waals surface area (Å²) in [6, 6.07) is 4.53. The molecule has 0 atom stereocenters. The van der Waals surface area contributed by atoms with Crippen molar-refractivity contribution in [1.82, 2.24) is 10.2 Å². The lowest BCUT2D eigenvalue weighted by Crippen LogP contribution is -2.57. The van der Waals surface area contributed by atoms with E-state index in [1.807, 2.05) is 0 Å². The van der Waals surface area contributed by atoms with Gasteiger partial charge in [0.15, 0.2) is 0 Å². The standard InChI is InChI=1S/C12H15FN2O/c1-8-5-9(13)3-4-11(8)12(16)15(2)10-6-14-7-10/h3-5,10,14H,6-7H2,1-2H3. The number of hydrogen-bond donors (Lipinski definition) is 1. The minimum Gasteiger partial charge on any atom is -0.336 e. The van der Waals surface area contributed by atoms with Gasteiger partial charge in [-0.05, 0) is 30.7 Å². The molecule has 0 saturated carbocycles. The van der Waals surface area contributed by atoms with Gasteiger partial charge in [0.05, 0.1) is 6.04 Å². The van der Waals surface area contributed by atoms with Crippen molar-refractivity contribution in [3.05, 3.63) is 35.1 Å². The number of benzene rings is 1. The molecule has 1 aromatic carbocycles. The molecule has 3 nitrogen and oxygen atoms in total. The Morgan fingerprint density at radius 3 is 2.69 bits per heavy atom. The van der Waals surface area contributed by atoms with Crippen LogP contribution in [0.25, 0.3) is 0 Å². The summed E-state index contributed by atoms with van der Waals surface area (Å²) in [5, 5.41) is 3.12. The Morgan fingerprint density at radius 1 is 1.50 bits per heavy atom. The number of aryl methyl sites for hydroxylation is 1. The zero-order chi connectivity index (χ0) is 11.7. The van der Waals surface area contributed by atoms with Crippen LogP contribution in [0.1, 0.15) is 15.9 Å². The van der Waals surface area contributed by atoms with Gasteiger partial charge in [-0.25, -0.2) is 4.39 Å². The molecule has 1 heterocycles. The van der Waals surface area contributed by atoms with E-state index in [4.69, 9.17) is 0 Å². The molecule has 1 N–H and O–H groups in total. The molecular weight excluding hydrogens is 207 g/mol. The molecule has 0 radical (unpaired) electrons. The Kier molecular flexibility index (Phi) is 2.92. The Hall–Kier alpha value is -1.42. The lowest BCUT2D eigenvalue weighted by molar-refractivity contribution is 0.0680. The molecule has 1 fully saturated rings. The topological polar surface area (TPSA) is 32.3 Å². The first kappa shape index (κ1) is 11.1. The van der Waals surface area contributed by atoms with E-state index in [1.165, 1.54) is 12.1 Å². The van der Waals surface area contributed by atoms with Crippen LogP contribution in [0.15, 0.2) is 18.2 Å². The number of nitrogens with one attached hydrogen (secondary N) is 1. The number of halogens is 1. The van der Waals surface area contributed by atoms with Crippen LogP contribution in [0.2, 0.25) is 0 Å². The molecule has 1 aliphatic heterocycles. The van der Waals surface area contributed by atoms with Crippen LogP contribution >= 0.6 is 0 Å². The third kappa shape index (κ3) is 1.93. The van der Waals surface area contributed by atoms with Gasteiger partial charge in [0.25, 0.3) is 5.91 Å². The molecule has 1 aliphatic rings. The van der Waals surface area contributed by atoms with Crippen LogP contribution in [0.3, 0.4) is 0 Å². The fraction of sp³-hybridized carbons (Fsp3) is 0.417. The first-order valence-electron chi connectivity index (χ1n) is 5.33. The van der Waals surface area contributed by atoms with E-state index in [2.05, 4.69) is 5.32 Å². The highest BCUT2D eigenvalue weighted by atomic mass is 19.1. The average Bonchev–Trinajstić information content (AvgIpc) is 2.14. The number of carbonyl (C=O) groups excluding carboxylic acids is 1. The summed E-state index contributed by atoms with van der Waals surface area (Å²) in [7, 11) is 1.79. The second-order valence-electron chi connectivity index (χ2n) is 4.19. The Balaban J connectivity index is 2.19. The van der Waals surface area contributed by atoms with Crippen molar-refractivity contribution in [2.75, 3.05) is 20.1 Å². The molecule has 16 heavy (non-hydrogen) atoms. The van der Waals surface area contributed by atoms with Gasteiger partial charge in [-0.3, -0.25) is 4.79 Å². The lowest BCUT2D eigenvalue weighted by atomic mass is 10.1. The van der Waals surface area contributed by atoms with Gasteiger partial charge >= 0.3 is 0 Å². The summed E-state index contributed by atoms with van der Waals surface area (Å²) in [6.07, 6.45) is 0. The van der Waals surface area contributed by atoms with E-state index in [0.29, 0.717) is 11.1 Å². The molecule has 4 heteroatoms. The molecule has 1 amide bonds. The number of carbonyl (C=O) groups is 1. The van der Waals surface area contributed by atoms with E-state index in [1.54, 1.807) is 24.9 Å². The van der Waals surface area contributed by atoms with Crippen LogP contribution < -0.4 is 5.32 Å². The van der Waals surface area contributed by atoms with Crippen LogP contribution in [0.4, 0.5) is 4.39 Å². The highest BCUT2D eigenvalue weighted by Gasteiger charge is 2.26. The number of rotatable bonds is 2. The van der Waals surface area contributed by atoms with Gasteiger partial charge in [0.1, 0.15) is 5.82 Å². The molecule has 2 rings (SSSR count). The zero-order valence-electron chi connectivity index (χ0n) is 9.46. The van der Waals surface area contributed by atoms with Crippen LogP contribution in [0.5, 0.6) is 0 Å². The largest absolute Gasteiger partial charge is 0.336 e. The first-order valence-corrected chi connectivity index (χ1v) is 5.33. The molecule has 0 unspecified atom stereocenters. The maximum atomic E-state index is 12.9. The molecule has 0 spiro atoms. The molecule has 1 saturated heterocycles. The number of amides is 1. The summed E-state index contributed by atoms with van der Waals surface area (Å²) in [5.74, 6) is -0.342. The normalized spacial score (nSPS) is 15.7. The number of nitrogens with zero attached hydrogens (tertiary/aromatic N) is 1. The van der Waals surface area contributed by atoms with Gasteiger partial charge in [-0.1, -0.05) is 0 Å². The van der Waals surface area contributed by atoms with Gasteiger partial charge in [0, 0.05) is 25.7 Å². The monoisotopic (exact) mass is 222 g/mol. The van der Waals surface area contributed by atoms with Gasteiger partial charge in [0.2, 0.25) is 0 Å². The summed E-state index contributed by atoms with van der Waals surface area (Å²) >= 11 is 0. The minimum atomic E-state index is -0.304. The van der Waals surface area contributed by atoms with Crippen molar-refractivity contribution in [1.29, 1.82) is 0 Å². The second kappa shape index (κ2) is 4.22.